The van der Waals surface area contributed by atoms with E-state index < -0.39 is 0 Å². The van der Waals surface area contributed by atoms with E-state index in [1.54, 1.807) is 6.33 Å². The van der Waals surface area contributed by atoms with Gasteiger partial charge in [-0.2, -0.15) is 0 Å². The molecule has 0 aliphatic heterocycles. The van der Waals surface area contributed by atoms with Gasteiger partial charge in [-0.25, -0.2) is 9.97 Å². The number of aryl methyl sites for hydroxylation is 1. The zero-order valence-electron chi connectivity index (χ0n) is 10.5. The van der Waals surface area contributed by atoms with Gasteiger partial charge < -0.3 is 10.2 Å². The van der Waals surface area contributed by atoms with Crippen molar-refractivity contribution in [2.75, 3.05) is 31.5 Å². The first-order valence-corrected chi connectivity index (χ1v) is 6.01. The van der Waals surface area contributed by atoms with Crippen LogP contribution in [0.1, 0.15) is 26.0 Å². The van der Waals surface area contributed by atoms with Gasteiger partial charge in [-0.1, -0.05) is 13.8 Å². The number of nitrogens with zero attached hydrogens (tertiary/aromatic N) is 3. The molecule has 0 fully saturated rings. The molecule has 0 amide bonds. The van der Waals surface area contributed by atoms with Crippen LogP contribution in [-0.4, -0.2) is 41.0 Å². The summed E-state index contributed by atoms with van der Waals surface area (Å²) in [4.78, 5) is 10.7. The van der Waals surface area contributed by atoms with Gasteiger partial charge in [0.25, 0.3) is 0 Å². The lowest BCUT2D eigenvalue weighted by atomic mass is 10.4. The van der Waals surface area contributed by atoms with Crippen molar-refractivity contribution in [1.82, 2.24) is 14.9 Å². The van der Waals surface area contributed by atoms with Gasteiger partial charge in [0.15, 0.2) is 0 Å². The average Bonchev–Trinajstić information content (AvgIpc) is 2.28. The van der Waals surface area contributed by atoms with Crippen LogP contribution in [0.3, 0.4) is 0 Å². The molecular formula is C12H22N4. The summed E-state index contributed by atoms with van der Waals surface area (Å²) in [5.74, 6) is 0.917. The minimum atomic E-state index is 0.917. The van der Waals surface area contributed by atoms with Crippen molar-refractivity contribution in [3.05, 3.63) is 18.1 Å². The highest BCUT2D eigenvalue weighted by molar-refractivity contribution is 5.34. The number of hydrogen-bond acceptors (Lipinski definition) is 4. The van der Waals surface area contributed by atoms with Crippen LogP contribution < -0.4 is 5.32 Å². The number of aromatic nitrogens is 2. The highest BCUT2D eigenvalue weighted by Gasteiger charge is 2.00. The van der Waals surface area contributed by atoms with Crippen LogP contribution >= 0.6 is 0 Å². The Morgan fingerprint density at radius 3 is 2.69 bits per heavy atom. The molecule has 0 bridgehead atoms. The lowest BCUT2D eigenvalue weighted by Crippen LogP contribution is -2.29. The zero-order chi connectivity index (χ0) is 11.8. The van der Waals surface area contributed by atoms with E-state index in [9.17, 15) is 0 Å². The molecule has 4 heteroatoms. The molecule has 90 valence electrons. The van der Waals surface area contributed by atoms with Crippen molar-refractivity contribution in [3.63, 3.8) is 0 Å². The van der Waals surface area contributed by atoms with E-state index in [1.807, 2.05) is 13.0 Å². The molecular weight excluding hydrogens is 200 g/mol. The third kappa shape index (κ3) is 4.57. The molecule has 1 N–H and O–H groups in total. The van der Waals surface area contributed by atoms with Crippen LogP contribution in [0.2, 0.25) is 0 Å². The fourth-order valence-corrected chi connectivity index (χ4v) is 1.64. The third-order valence-electron chi connectivity index (χ3n) is 2.52. The molecule has 16 heavy (non-hydrogen) atoms. The van der Waals surface area contributed by atoms with Gasteiger partial charge in [0.1, 0.15) is 12.1 Å². The molecule has 1 aromatic rings. The number of likely N-dealkylation sites (N-methyl/N-ethyl adjacent to an activating group) is 1. The van der Waals surface area contributed by atoms with Crippen molar-refractivity contribution < 1.29 is 0 Å². The van der Waals surface area contributed by atoms with Crippen LogP contribution in [-0.2, 0) is 0 Å². The van der Waals surface area contributed by atoms with Gasteiger partial charge in [-0.15, -0.1) is 0 Å². The molecule has 0 aliphatic rings. The Kier molecular flexibility index (Phi) is 5.78. The van der Waals surface area contributed by atoms with E-state index in [0.29, 0.717) is 0 Å². The molecule has 0 aliphatic carbocycles. The molecule has 0 radical (unpaired) electrons. The van der Waals surface area contributed by atoms with Gasteiger partial charge in [-0.05, 0) is 26.4 Å². The maximum Gasteiger partial charge on any atom is 0.129 e. The first kappa shape index (κ1) is 12.9. The molecule has 1 heterocycles. The average molecular weight is 222 g/mol. The smallest absolute Gasteiger partial charge is 0.129 e. The molecule has 0 aromatic carbocycles. The molecule has 0 spiro atoms. The van der Waals surface area contributed by atoms with E-state index >= 15 is 0 Å². The van der Waals surface area contributed by atoms with E-state index in [-0.39, 0.29) is 0 Å². The van der Waals surface area contributed by atoms with Crippen LogP contribution in [0.15, 0.2) is 12.4 Å². The molecule has 1 rings (SSSR count). The highest BCUT2D eigenvalue weighted by Crippen LogP contribution is 2.01. The molecule has 0 atom stereocenters. The summed E-state index contributed by atoms with van der Waals surface area (Å²) in [6.45, 7) is 10.7. The predicted octanol–water partition coefficient (Wildman–Crippen LogP) is 1.93. The second-order valence-electron chi connectivity index (χ2n) is 3.91. The molecule has 4 nitrogen and oxygen atoms in total. The summed E-state index contributed by atoms with van der Waals surface area (Å²) in [6, 6.07) is 1.97. The summed E-state index contributed by atoms with van der Waals surface area (Å²) < 4.78 is 0. The second kappa shape index (κ2) is 7.17. The first-order chi connectivity index (χ1) is 7.76. The van der Waals surface area contributed by atoms with Crippen molar-refractivity contribution in [2.24, 2.45) is 0 Å². The molecule has 0 saturated heterocycles. The first-order valence-electron chi connectivity index (χ1n) is 6.01. The molecule has 0 unspecified atom stereocenters. The molecule has 0 saturated carbocycles. The van der Waals surface area contributed by atoms with E-state index in [2.05, 4.69) is 34.0 Å². The predicted molar refractivity (Wildman–Crippen MR) is 67.7 cm³/mol. The largest absolute Gasteiger partial charge is 0.369 e. The van der Waals surface area contributed by atoms with Crippen LogP contribution in [0.4, 0.5) is 5.82 Å². The Morgan fingerprint density at radius 2 is 2.06 bits per heavy atom. The van der Waals surface area contributed by atoms with E-state index in [4.69, 9.17) is 0 Å². The fraction of sp³-hybridized carbons (Fsp3) is 0.667. The highest BCUT2D eigenvalue weighted by atomic mass is 15.1. The van der Waals surface area contributed by atoms with E-state index in [0.717, 1.165) is 31.1 Å². The Labute approximate surface area is 98.1 Å². The Morgan fingerprint density at radius 1 is 1.25 bits per heavy atom. The van der Waals surface area contributed by atoms with Gasteiger partial charge in [0.2, 0.25) is 0 Å². The summed E-state index contributed by atoms with van der Waals surface area (Å²) >= 11 is 0. The summed E-state index contributed by atoms with van der Waals surface area (Å²) in [7, 11) is 0. The lowest BCUT2D eigenvalue weighted by molar-refractivity contribution is 0.300. The molecule has 1 aromatic heterocycles. The van der Waals surface area contributed by atoms with Crippen molar-refractivity contribution in [2.45, 2.75) is 27.2 Å². The van der Waals surface area contributed by atoms with Gasteiger partial charge >= 0.3 is 0 Å². The minimum Gasteiger partial charge on any atom is -0.369 e. The number of hydrogen-bond donors (Lipinski definition) is 1. The van der Waals surface area contributed by atoms with Gasteiger partial charge in [0.05, 0.1) is 0 Å². The van der Waals surface area contributed by atoms with E-state index in [1.165, 1.54) is 13.0 Å². The number of anilines is 1. The Hall–Kier alpha value is -1.16. The topological polar surface area (TPSA) is 41.0 Å². The Bertz CT molecular complexity index is 301. The fourth-order valence-electron chi connectivity index (χ4n) is 1.64. The summed E-state index contributed by atoms with van der Waals surface area (Å²) in [6.07, 6.45) is 2.81. The number of rotatable bonds is 7. The normalized spacial score (nSPS) is 10.8. The quantitative estimate of drug-likeness (QED) is 0.765. The Balaban J connectivity index is 2.29. The maximum absolute atomic E-state index is 4.17. The summed E-state index contributed by atoms with van der Waals surface area (Å²) in [5, 5.41) is 3.32. The SMILES string of the molecule is CCCN(CC)CCNc1cc(C)ncn1. The number of nitrogens with one attached hydrogen (secondary N) is 1. The van der Waals surface area contributed by atoms with Crippen LogP contribution in [0.5, 0.6) is 0 Å². The van der Waals surface area contributed by atoms with Crippen molar-refractivity contribution in [3.8, 4) is 0 Å². The maximum atomic E-state index is 4.17. The standard InChI is InChI=1S/C12H22N4/c1-4-7-16(5-2)8-6-13-12-9-11(3)14-10-15-12/h9-10H,4-8H2,1-3H3,(H,13,14,15). The summed E-state index contributed by atoms with van der Waals surface area (Å²) in [5.41, 5.74) is 0.999. The van der Waals surface area contributed by atoms with Crippen LogP contribution in [0, 0.1) is 6.92 Å². The third-order valence-corrected chi connectivity index (χ3v) is 2.52. The van der Waals surface area contributed by atoms with Gasteiger partial charge in [0, 0.05) is 24.8 Å². The van der Waals surface area contributed by atoms with Crippen molar-refractivity contribution >= 4 is 5.82 Å². The minimum absolute atomic E-state index is 0.917. The second-order valence-corrected chi connectivity index (χ2v) is 3.91. The van der Waals surface area contributed by atoms with Crippen LogP contribution in [0.25, 0.3) is 0 Å². The van der Waals surface area contributed by atoms with Gasteiger partial charge in [-0.3, -0.25) is 0 Å². The zero-order valence-corrected chi connectivity index (χ0v) is 10.5. The monoisotopic (exact) mass is 222 g/mol. The lowest BCUT2D eigenvalue weighted by Gasteiger charge is -2.19. The van der Waals surface area contributed by atoms with Crippen molar-refractivity contribution in [1.29, 1.82) is 0 Å².